The standard InChI is InChI=1S/C22H31FN6O/c1-24-22(26-15-17-7-4-5-9-20(17)30-14-13-28(2)3)27-18-10-12-29(16-18)21-19(23)8-6-11-25-21/h4-9,11,18H,10,12-16H2,1-3H3,(H2,24,26,27). The van der Waals surface area contributed by atoms with Gasteiger partial charge in [0, 0.05) is 51.0 Å². The lowest BCUT2D eigenvalue weighted by atomic mass is 10.2. The van der Waals surface area contributed by atoms with Crippen LogP contribution < -0.4 is 20.3 Å². The number of likely N-dealkylation sites (N-methyl/N-ethyl adjacent to an activating group) is 1. The molecular weight excluding hydrogens is 383 g/mol. The topological polar surface area (TPSA) is 65.0 Å². The van der Waals surface area contributed by atoms with Gasteiger partial charge in [0.15, 0.2) is 17.6 Å². The summed E-state index contributed by atoms with van der Waals surface area (Å²) in [5.74, 6) is 1.71. The van der Waals surface area contributed by atoms with E-state index in [9.17, 15) is 4.39 Å². The van der Waals surface area contributed by atoms with Crippen LogP contribution in [-0.4, -0.2) is 69.3 Å². The number of hydrogen-bond donors (Lipinski definition) is 2. The molecule has 2 N–H and O–H groups in total. The maximum absolute atomic E-state index is 14.0. The number of anilines is 1. The predicted octanol–water partition coefficient (Wildman–Crippen LogP) is 2.10. The maximum atomic E-state index is 14.0. The molecule has 1 aliphatic heterocycles. The minimum absolute atomic E-state index is 0.171. The molecule has 0 aliphatic carbocycles. The van der Waals surface area contributed by atoms with Crippen LogP contribution >= 0.6 is 0 Å². The fraction of sp³-hybridized carbons (Fsp3) is 0.455. The highest BCUT2D eigenvalue weighted by Gasteiger charge is 2.25. The van der Waals surface area contributed by atoms with Gasteiger partial charge in [-0.1, -0.05) is 18.2 Å². The summed E-state index contributed by atoms with van der Waals surface area (Å²) in [5, 5.41) is 6.79. The molecule has 2 aromatic rings. The molecule has 7 nitrogen and oxygen atoms in total. The first-order chi connectivity index (χ1) is 14.6. The van der Waals surface area contributed by atoms with Gasteiger partial charge in [0.1, 0.15) is 12.4 Å². The molecular formula is C22H31FN6O. The smallest absolute Gasteiger partial charge is 0.191 e. The molecule has 1 aromatic carbocycles. The molecule has 3 rings (SSSR count). The summed E-state index contributed by atoms with van der Waals surface area (Å²) in [7, 11) is 5.80. The van der Waals surface area contributed by atoms with E-state index in [4.69, 9.17) is 4.74 Å². The van der Waals surface area contributed by atoms with Gasteiger partial charge >= 0.3 is 0 Å². The van der Waals surface area contributed by atoms with E-state index in [0.29, 0.717) is 31.5 Å². The van der Waals surface area contributed by atoms with Crippen molar-refractivity contribution in [2.75, 3.05) is 52.3 Å². The van der Waals surface area contributed by atoms with Crippen molar-refractivity contribution in [3.05, 3.63) is 54.0 Å². The Morgan fingerprint density at radius 3 is 2.90 bits per heavy atom. The molecule has 0 amide bonds. The highest BCUT2D eigenvalue weighted by Crippen LogP contribution is 2.21. The third-order valence-electron chi connectivity index (χ3n) is 5.01. The van der Waals surface area contributed by atoms with E-state index in [2.05, 4.69) is 25.5 Å². The highest BCUT2D eigenvalue weighted by atomic mass is 19.1. The van der Waals surface area contributed by atoms with Gasteiger partial charge in [0.2, 0.25) is 0 Å². The number of para-hydroxylation sites is 1. The summed E-state index contributed by atoms with van der Waals surface area (Å²) >= 11 is 0. The van der Waals surface area contributed by atoms with Crippen molar-refractivity contribution in [1.29, 1.82) is 0 Å². The lowest BCUT2D eigenvalue weighted by molar-refractivity contribution is 0.259. The molecule has 1 atom stereocenters. The Morgan fingerprint density at radius 2 is 2.13 bits per heavy atom. The third-order valence-corrected chi connectivity index (χ3v) is 5.01. The number of aliphatic imine (C=N–C) groups is 1. The number of pyridine rings is 1. The Kier molecular flexibility index (Phi) is 7.84. The average Bonchev–Trinajstić information content (AvgIpc) is 3.20. The van der Waals surface area contributed by atoms with Crippen LogP contribution in [0, 0.1) is 5.82 Å². The van der Waals surface area contributed by atoms with Crippen molar-refractivity contribution in [2.24, 2.45) is 4.99 Å². The van der Waals surface area contributed by atoms with Gasteiger partial charge in [-0.3, -0.25) is 4.99 Å². The number of hydrogen-bond acceptors (Lipinski definition) is 5. The van der Waals surface area contributed by atoms with Crippen molar-refractivity contribution in [1.82, 2.24) is 20.5 Å². The van der Waals surface area contributed by atoms with Gasteiger partial charge in [-0.05, 0) is 38.7 Å². The van der Waals surface area contributed by atoms with E-state index in [0.717, 1.165) is 30.8 Å². The predicted molar refractivity (Wildman–Crippen MR) is 119 cm³/mol. The zero-order chi connectivity index (χ0) is 21.3. The lowest BCUT2D eigenvalue weighted by Gasteiger charge is -2.20. The van der Waals surface area contributed by atoms with E-state index < -0.39 is 0 Å². The van der Waals surface area contributed by atoms with E-state index in [1.807, 2.05) is 43.3 Å². The number of ether oxygens (including phenoxy) is 1. The average molecular weight is 415 g/mol. The Bertz CT molecular complexity index is 844. The molecule has 30 heavy (non-hydrogen) atoms. The minimum Gasteiger partial charge on any atom is -0.492 e. The van der Waals surface area contributed by atoms with Gasteiger partial charge in [0.25, 0.3) is 0 Å². The number of guanidine groups is 1. The van der Waals surface area contributed by atoms with Gasteiger partial charge in [-0.2, -0.15) is 0 Å². The van der Waals surface area contributed by atoms with E-state index >= 15 is 0 Å². The Hall–Kier alpha value is -2.87. The highest BCUT2D eigenvalue weighted by molar-refractivity contribution is 5.80. The molecule has 0 saturated carbocycles. The van der Waals surface area contributed by atoms with Crippen molar-refractivity contribution in [2.45, 2.75) is 19.0 Å². The van der Waals surface area contributed by atoms with Gasteiger partial charge in [-0.25, -0.2) is 9.37 Å². The van der Waals surface area contributed by atoms with Gasteiger partial charge < -0.3 is 25.2 Å². The summed E-state index contributed by atoms with van der Waals surface area (Å²) in [6, 6.07) is 11.2. The van der Waals surface area contributed by atoms with Crippen LogP contribution in [-0.2, 0) is 6.54 Å². The Labute approximate surface area is 178 Å². The third kappa shape index (κ3) is 6.06. The number of nitrogens with one attached hydrogen (secondary N) is 2. The van der Waals surface area contributed by atoms with E-state index in [1.165, 1.54) is 6.07 Å². The minimum atomic E-state index is -0.286. The first kappa shape index (κ1) is 21.8. The number of rotatable bonds is 8. The molecule has 2 heterocycles. The first-order valence-electron chi connectivity index (χ1n) is 10.2. The van der Waals surface area contributed by atoms with Crippen LogP contribution in [0.4, 0.5) is 10.2 Å². The van der Waals surface area contributed by atoms with Gasteiger partial charge in [0.05, 0.1) is 0 Å². The van der Waals surface area contributed by atoms with Crippen molar-refractivity contribution in [3.8, 4) is 5.75 Å². The quantitative estimate of drug-likeness (QED) is 0.510. The molecule has 1 fully saturated rings. The summed E-state index contributed by atoms with van der Waals surface area (Å²) in [6.45, 7) is 3.53. The van der Waals surface area contributed by atoms with E-state index in [1.54, 1.807) is 19.3 Å². The maximum Gasteiger partial charge on any atom is 0.191 e. The van der Waals surface area contributed by atoms with E-state index in [-0.39, 0.29) is 11.9 Å². The summed E-state index contributed by atoms with van der Waals surface area (Å²) < 4.78 is 19.9. The largest absolute Gasteiger partial charge is 0.492 e. The fourth-order valence-electron chi connectivity index (χ4n) is 3.38. The SMILES string of the molecule is CN=C(NCc1ccccc1OCCN(C)C)NC1CCN(c2ncccc2F)C1. The Morgan fingerprint density at radius 1 is 1.30 bits per heavy atom. The fourth-order valence-corrected chi connectivity index (χ4v) is 3.38. The normalized spacial score (nSPS) is 16.8. The molecule has 1 aliphatic rings. The molecule has 8 heteroatoms. The molecule has 0 bridgehead atoms. The van der Waals surface area contributed by atoms with Crippen molar-refractivity contribution in [3.63, 3.8) is 0 Å². The molecule has 1 aromatic heterocycles. The lowest BCUT2D eigenvalue weighted by Crippen LogP contribution is -2.44. The number of nitrogens with zero attached hydrogens (tertiary/aromatic N) is 4. The molecule has 162 valence electrons. The van der Waals surface area contributed by atoms with Crippen LogP contribution in [0.2, 0.25) is 0 Å². The molecule has 0 radical (unpaired) electrons. The van der Waals surface area contributed by atoms with Gasteiger partial charge in [-0.15, -0.1) is 0 Å². The van der Waals surface area contributed by atoms with Crippen LogP contribution in [0.3, 0.4) is 0 Å². The second-order valence-electron chi connectivity index (χ2n) is 7.57. The number of aromatic nitrogens is 1. The number of halogens is 1. The van der Waals surface area contributed by atoms with Crippen LogP contribution in [0.1, 0.15) is 12.0 Å². The summed E-state index contributed by atoms with van der Waals surface area (Å²) in [4.78, 5) is 12.6. The van der Waals surface area contributed by atoms with Crippen LogP contribution in [0.5, 0.6) is 5.75 Å². The Balaban J connectivity index is 1.52. The molecule has 0 spiro atoms. The summed E-state index contributed by atoms with van der Waals surface area (Å²) in [6.07, 6.45) is 2.51. The van der Waals surface area contributed by atoms with Crippen LogP contribution in [0.15, 0.2) is 47.6 Å². The summed E-state index contributed by atoms with van der Waals surface area (Å²) in [5.41, 5.74) is 1.07. The van der Waals surface area contributed by atoms with Crippen molar-refractivity contribution < 1.29 is 9.13 Å². The zero-order valence-electron chi connectivity index (χ0n) is 17.9. The second kappa shape index (κ2) is 10.8. The molecule has 1 saturated heterocycles. The van der Waals surface area contributed by atoms with Crippen molar-refractivity contribution >= 4 is 11.8 Å². The number of benzene rings is 1. The van der Waals surface area contributed by atoms with Crippen LogP contribution in [0.25, 0.3) is 0 Å². The molecule has 1 unspecified atom stereocenters. The first-order valence-corrected chi connectivity index (χ1v) is 10.2. The monoisotopic (exact) mass is 414 g/mol. The second-order valence-corrected chi connectivity index (χ2v) is 7.57. The zero-order valence-corrected chi connectivity index (χ0v) is 17.9.